The van der Waals surface area contributed by atoms with Gasteiger partial charge in [-0.25, -0.2) is 0 Å². The van der Waals surface area contributed by atoms with Crippen molar-refractivity contribution in [2.45, 2.75) is 13.3 Å². The van der Waals surface area contributed by atoms with Crippen molar-refractivity contribution in [1.29, 1.82) is 5.41 Å². The third kappa shape index (κ3) is 1.67. The van der Waals surface area contributed by atoms with Crippen LogP contribution >= 0.6 is 0 Å². The van der Waals surface area contributed by atoms with Crippen LogP contribution in [-0.4, -0.2) is 6.21 Å². The summed E-state index contributed by atoms with van der Waals surface area (Å²) < 4.78 is 6.45. The number of hydrogen-bond donors (Lipinski definition) is 1. The molecule has 0 fully saturated rings. The van der Waals surface area contributed by atoms with Gasteiger partial charge in [-0.1, -0.05) is 6.90 Å². The fourth-order valence-electron chi connectivity index (χ4n) is 0. The maximum atomic E-state index is 6.45. The third-order valence-corrected chi connectivity index (χ3v) is 0.144. The highest BCUT2D eigenvalue weighted by atomic mass is 14.3. The first-order chi connectivity index (χ1) is 2.41. The minimum absolute atomic E-state index is 0.351. The van der Waals surface area contributed by atoms with Crippen LogP contribution in [0.3, 0.4) is 0 Å². The second-order valence-corrected chi connectivity index (χ2v) is 0.493. The Morgan fingerprint density at radius 2 is 3.25 bits per heavy atom. The molecule has 1 N–H and O–H groups in total. The molecule has 0 saturated carbocycles. The van der Waals surface area contributed by atoms with Crippen molar-refractivity contribution < 1.29 is 1.37 Å². The molecule has 24 valence electrons. The van der Waals surface area contributed by atoms with Crippen LogP contribution in [0.4, 0.5) is 0 Å². The minimum Gasteiger partial charge on any atom is -0.313 e. The zero-order chi connectivity index (χ0) is 4.12. The van der Waals surface area contributed by atoms with Crippen molar-refractivity contribution >= 4 is 6.21 Å². The van der Waals surface area contributed by atoms with Crippen molar-refractivity contribution in [3.8, 4) is 0 Å². The van der Waals surface area contributed by atoms with Crippen LogP contribution in [0.2, 0.25) is 0 Å². The van der Waals surface area contributed by atoms with Gasteiger partial charge >= 0.3 is 0 Å². The summed E-state index contributed by atoms with van der Waals surface area (Å²) in [5, 5.41) is 6.36. The molecule has 0 spiro atoms. The average Bonchev–Trinajstić information content (AvgIpc) is 1.41. The van der Waals surface area contributed by atoms with Crippen molar-refractivity contribution in [3.05, 3.63) is 0 Å². The van der Waals surface area contributed by atoms with E-state index in [1.807, 2.05) is 0 Å². The molecule has 0 aromatic carbocycles. The Kier molecular flexibility index (Phi) is 1.30. The SMILES string of the molecule is [2H]CCC=N. The predicted octanol–water partition coefficient (Wildman–Crippen LogP) is 1.05. The second kappa shape index (κ2) is 2.67. The molecule has 0 amide bonds. The highest BCUT2D eigenvalue weighted by Crippen LogP contribution is 1.54. The normalized spacial score (nSPS) is 9.50. The zero-order valence-corrected chi connectivity index (χ0v) is 2.49. The van der Waals surface area contributed by atoms with Gasteiger partial charge in [0.2, 0.25) is 0 Å². The molecule has 0 bridgehead atoms. The highest BCUT2D eigenvalue weighted by molar-refractivity contribution is 5.51. The van der Waals surface area contributed by atoms with E-state index in [4.69, 9.17) is 6.78 Å². The number of nitrogens with one attached hydrogen (secondary N) is 1. The predicted molar refractivity (Wildman–Crippen MR) is 19.1 cm³/mol. The molecular formula is C3H7N. The lowest BCUT2D eigenvalue weighted by Gasteiger charge is -1.56. The van der Waals surface area contributed by atoms with Crippen molar-refractivity contribution in [2.24, 2.45) is 0 Å². The van der Waals surface area contributed by atoms with E-state index in [2.05, 4.69) is 0 Å². The van der Waals surface area contributed by atoms with Crippen LogP contribution in [0.5, 0.6) is 0 Å². The molecule has 4 heavy (non-hydrogen) atoms. The molecule has 1 heteroatoms. The zero-order valence-electron chi connectivity index (χ0n) is 3.49. The Balaban J connectivity index is 2.40. The molecule has 1 nitrogen and oxygen atoms in total. The van der Waals surface area contributed by atoms with Crippen molar-refractivity contribution in [2.75, 3.05) is 0 Å². The van der Waals surface area contributed by atoms with Gasteiger partial charge in [0.1, 0.15) is 0 Å². The van der Waals surface area contributed by atoms with Crippen molar-refractivity contribution in [3.63, 3.8) is 0 Å². The first-order valence-corrected chi connectivity index (χ1v) is 1.20. The van der Waals surface area contributed by atoms with E-state index in [0.717, 1.165) is 0 Å². The largest absolute Gasteiger partial charge is 0.313 e. The summed E-state index contributed by atoms with van der Waals surface area (Å²) in [5.41, 5.74) is 0. The first kappa shape index (κ1) is 1.94. The minimum atomic E-state index is 0.351. The van der Waals surface area contributed by atoms with E-state index < -0.39 is 0 Å². The summed E-state index contributed by atoms with van der Waals surface area (Å²) in [4.78, 5) is 0. The summed E-state index contributed by atoms with van der Waals surface area (Å²) in [5.74, 6) is 0. The second-order valence-electron chi connectivity index (χ2n) is 0.493. The number of rotatable bonds is 1. The van der Waals surface area contributed by atoms with Crippen LogP contribution in [0.25, 0.3) is 0 Å². The van der Waals surface area contributed by atoms with Crippen LogP contribution in [0.1, 0.15) is 14.7 Å². The summed E-state index contributed by atoms with van der Waals surface area (Å²) >= 11 is 0. The number of hydrogen-bond acceptors (Lipinski definition) is 1. The van der Waals surface area contributed by atoms with E-state index >= 15 is 0 Å². The van der Waals surface area contributed by atoms with E-state index in [9.17, 15) is 0 Å². The van der Waals surface area contributed by atoms with Gasteiger partial charge in [-0.2, -0.15) is 0 Å². The standard InChI is InChI=1S/C3H7N/c1-2-3-4/h3-4H,2H2,1H3/i1D. The molecule has 0 saturated heterocycles. The summed E-state index contributed by atoms with van der Waals surface area (Å²) in [7, 11) is 0. The van der Waals surface area contributed by atoms with E-state index in [1.54, 1.807) is 0 Å². The van der Waals surface area contributed by atoms with Gasteiger partial charge < -0.3 is 5.41 Å². The fraction of sp³-hybridized carbons (Fsp3) is 0.667. The summed E-state index contributed by atoms with van der Waals surface area (Å²) in [6.45, 7) is 0.351. The fourth-order valence-corrected chi connectivity index (χ4v) is 0. The highest BCUT2D eigenvalue weighted by Gasteiger charge is 1.47. The molecule has 0 aliphatic heterocycles. The Hall–Kier alpha value is -0.330. The average molecular weight is 58.1 g/mol. The van der Waals surface area contributed by atoms with Crippen LogP contribution in [0.15, 0.2) is 0 Å². The van der Waals surface area contributed by atoms with E-state index in [1.165, 1.54) is 6.21 Å². The lowest BCUT2D eigenvalue weighted by molar-refractivity contribution is 1.30. The van der Waals surface area contributed by atoms with Gasteiger partial charge in [0, 0.05) is 1.37 Å². The smallest absolute Gasteiger partial charge is 0.0234 e. The molecule has 0 aromatic heterocycles. The molecule has 0 unspecified atom stereocenters. The Morgan fingerprint density at radius 3 is 3.25 bits per heavy atom. The summed E-state index contributed by atoms with van der Waals surface area (Å²) in [6, 6.07) is 0. The van der Waals surface area contributed by atoms with E-state index in [0.29, 0.717) is 13.3 Å². The Labute approximate surface area is 27.6 Å². The molecule has 0 rings (SSSR count). The van der Waals surface area contributed by atoms with Crippen LogP contribution in [-0.2, 0) is 0 Å². The molecular weight excluding hydrogens is 50.0 g/mol. The van der Waals surface area contributed by atoms with Gasteiger partial charge in [0.25, 0.3) is 0 Å². The monoisotopic (exact) mass is 58.1 g/mol. The first-order valence-electron chi connectivity index (χ1n) is 1.90. The quantitative estimate of drug-likeness (QED) is 0.436. The molecule has 0 aliphatic rings. The van der Waals surface area contributed by atoms with Gasteiger partial charge in [0.15, 0.2) is 0 Å². The Bertz CT molecular complexity index is 28.1. The van der Waals surface area contributed by atoms with Gasteiger partial charge in [0.05, 0.1) is 0 Å². The third-order valence-electron chi connectivity index (χ3n) is 0.144. The maximum Gasteiger partial charge on any atom is 0.0234 e. The molecule has 0 aliphatic carbocycles. The van der Waals surface area contributed by atoms with Gasteiger partial charge in [-0.3, -0.25) is 0 Å². The van der Waals surface area contributed by atoms with Crippen LogP contribution in [0, 0.1) is 5.41 Å². The molecule has 0 atom stereocenters. The Morgan fingerprint density at radius 1 is 2.50 bits per heavy atom. The molecule has 0 radical (unpaired) electrons. The lowest BCUT2D eigenvalue weighted by atomic mass is 10.6. The molecule has 0 aromatic rings. The maximum absolute atomic E-state index is 6.45. The van der Waals surface area contributed by atoms with Gasteiger partial charge in [-0.05, 0) is 12.6 Å². The molecule has 0 heterocycles. The summed E-state index contributed by atoms with van der Waals surface area (Å²) in [6.07, 6.45) is 1.84. The lowest BCUT2D eigenvalue weighted by Crippen LogP contribution is -1.52. The topological polar surface area (TPSA) is 23.9 Å². The van der Waals surface area contributed by atoms with Gasteiger partial charge in [-0.15, -0.1) is 0 Å². The van der Waals surface area contributed by atoms with Crippen molar-refractivity contribution in [1.82, 2.24) is 0 Å². The van der Waals surface area contributed by atoms with Crippen LogP contribution < -0.4 is 0 Å². The van der Waals surface area contributed by atoms with E-state index in [-0.39, 0.29) is 0 Å².